The Bertz CT molecular complexity index is 576. The Kier molecular flexibility index (Phi) is 4.77. The molecule has 0 saturated carbocycles. The second-order valence-corrected chi connectivity index (χ2v) is 4.76. The summed E-state index contributed by atoms with van der Waals surface area (Å²) in [6, 6.07) is 15.3. The predicted molar refractivity (Wildman–Crippen MR) is 81.2 cm³/mol. The summed E-state index contributed by atoms with van der Waals surface area (Å²) in [6.45, 7) is 2.67. The first-order chi connectivity index (χ1) is 9.70. The maximum Gasteiger partial charge on any atom is 0.336 e. The van der Waals surface area contributed by atoms with Crippen molar-refractivity contribution in [1.82, 2.24) is 0 Å². The van der Waals surface area contributed by atoms with Gasteiger partial charge in [0.15, 0.2) is 0 Å². The third kappa shape index (κ3) is 3.60. The lowest BCUT2D eigenvalue weighted by molar-refractivity contribution is 0.0696. The smallest absolute Gasteiger partial charge is 0.336 e. The van der Waals surface area contributed by atoms with Gasteiger partial charge in [-0.1, -0.05) is 43.7 Å². The summed E-state index contributed by atoms with van der Waals surface area (Å²) in [7, 11) is 0. The van der Waals surface area contributed by atoms with E-state index in [1.165, 1.54) is 5.56 Å². The van der Waals surface area contributed by atoms with Gasteiger partial charge in [-0.2, -0.15) is 0 Å². The number of carboxylic acids is 1. The van der Waals surface area contributed by atoms with E-state index >= 15 is 0 Å². The lowest BCUT2D eigenvalue weighted by Gasteiger charge is -2.09. The van der Waals surface area contributed by atoms with E-state index in [-0.39, 0.29) is 0 Å². The van der Waals surface area contributed by atoms with Gasteiger partial charge in [-0.3, -0.25) is 0 Å². The maximum absolute atomic E-state index is 11.1. The topological polar surface area (TPSA) is 49.3 Å². The van der Waals surface area contributed by atoms with Crippen LogP contribution in [0.5, 0.6) is 0 Å². The lowest BCUT2D eigenvalue weighted by atomic mass is 10.1. The third-order valence-corrected chi connectivity index (χ3v) is 3.22. The molecule has 2 aromatic carbocycles. The van der Waals surface area contributed by atoms with E-state index in [1.807, 2.05) is 24.3 Å². The Hall–Kier alpha value is -2.29. The molecule has 0 radical (unpaired) electrons. The van der Waals surface area contributed by atoms with E-state index in [1.54, 1.807) is 12.1 Å². The molecule has 0 aromatic heterocycles. The molecule has 104 valence electrons. The first-order valence-corrected chi connectivity index (χ1v) is 6.84. The van der Waals surface area contributed by atoms with Gasteiger partial charge in [-0.15, -0.1) is 0 Å². The van der Waals surface area contributed by atoms with Crippen LogP contribution in [0.15, 0.2) is 48.5 Å². The Labute approximate surface area is 119 Å². The standard InChI is InChI=1S/C17H19NO2/c1-2-5-13-8-10-15(11-9-13)18-12-14-6-3-4-7-16(14)17(19)20/h3-4,6-11,18H,2,5,12H2,1H3,(H,19,20). The van der Waals surface area contributed by atoms with Gasteiger partial charge in [0, 0.05) is 12.2 Å². The number of aryl methyl sites for hydroxylation is 1. The van der Waals surface area contributed by atoms with Gasteiger partial charge in [0.2, 0.25) is 0 Å². The minimum absolute atomic E-state index is 0.350. The van der Waals surface area contributed by atoms with Gasteiger partial charge < -0.3 is 10.4 Å². The average molecular weight is 269 g/mol. The average Bonchev–Trinajstić information content (AvgIpc) is 2.47. The van der Waals surface area contributed by atoms with Crippen molar-refractivity contribution in [2.24, 2.45) is 0 Å². The van der Waals surface area contributed by atoms with Crippen LogP contribution in [0.2, 0.25) is 0 Å². The number of carbonyl (C=O) groups is 1. The number of aromatic carboxylic acids is 1. The van der Waals surface area contributed by atoms with Crippen molar-refractivity contribution in [3.8, 4) is 0 Å². The van der Waals surface area contributed by atoms with Crippen LogP contribution in [-0.4, -0.2) is 11.1 Å². The zero-order valence-corrected chi connectivity index (χ0v) is 11.6. The fourth-order valence-corrected chi connectivity index (χ4v) is 2.16. The minimum atomic E-state index is -0.888. The molecule has 0 aliphatic rings. The molecular formula is C17H19NO2. The van der Waals surface area contributed by atoms with Crippen molar-refractivity contribution in [2.45, 2.75) is 26.3 Å². The largest absolute Gasteiger partial charge is 0.478 e. The molecule has 0 unspecified atom stereocenters. The van der Waals surface area contributed by atoms with Gasteiger partial charge in [-0.05, 0) is 35.7 Å². The molecule has 2 N–H and O–H groups in total. The van der Waals surface area contributed by atoms with Crippen LogP contribution in [0.1, 0.15) is 34.8 Å². The molecule has 0 atom stereocenters. The van der Waals surface area contributed by atoms with E-state index < -0.39 is 5.97 Å². The Morgan fingerprint density at radius 1 is 1.10 bits per heavy atom. The maximum atomic E-state index is 11.1. The van der Waals surface area contributed by atoms with Crippen LogP contribution in [0.4, 0.5) is 5.69 Å². The molecule has 0 aliphatic carbocycles. The molecule has 0 heterocycles. The SMILES string of the molecule is CCCc1ccc(NCc2ccccc2C(=O)O)cc1. The van der Waals surface area contributed by atoms with Crippen LogP contribution in [0.25, 0.3) is 0 Å². The van der Waals surface area contributed by atoms with E-state index in [2.05, 4.69) is 24.4 Å². The number of hydrogen-bond donors (Lipinski definition) is 2. The lowest BCUT2D eigenvalue weighted by Crippen LogP contribution is -2.07. The Morgan fingerprint density at radius 2 is 1.80 bits per heavy atom. The molecule has 3 heteroatoms. The summed E-state index contributed by atoms with van der Waals surface area (Å²) in [5, 5.41) is 12.4. The highest BCUT2D eigenvalue weighted by molar-refractivity contribution is 5.89. The summed E-state index contributed by atoms with van der Waals surface area (Å²) in [5.74, 6) is -0.888. The quantitative estimate of drug-likeness (QED) is 0.834. The monoisotopic (exact) mass is 269 g/mol. The molecule has 2 rings (SSSR count). The van der Waals surface area contributed by atoms with Crippen molar-refractivity contribution in [2.75, 3.05) is 5.32 Å². The number of benzene rings is 2. The van der Waals surface area contributed by atoms with E-state index in [4.69, 9.17) is 5.11 Å². The van der Waals surface area contributed by atoms with Crippen LogP contribution < -0.4 is 5.32 Å². The van der Waals surface area contributed by atoms with Crippen LogP contribution in [0.3, 0.4) is 0 Å². The summed E-state index contributed by atoms with van der Waals surface area (Å²) < 4.78 is 0. The molecule has 3 nitrogen and oxygen atoms in total. The first kappa shape index (κ1) is 14.1. The number of anilines is 1. The van der Waals surface area contributed by atoms with Crippen molar-refractivity contribution in [1.29, 1.82) is 0 Å². The minimum Gasteiger partial charge on any atom is -0.478 e. The molecule has 0 fully saturated rings. The number of rotatable bonds is 6. The van der Waals surface area contributed by atoms with E-state index in [0.29, 0.717) is 12.1 Å². The molecular weight excluding hydrogens is 250 g/mol. The highest BCUT2D eigenvalue weighted by Crippen LogP contribution is 2.14. The number of hydrogen-bond acceptors (Lipinski definition) is 2. The molecule has 0 saturated heterocycles. The Morgan fingerprint density at radius 3 is 2.45 bits per heavy atom. The van der Waals surface area contributed by atoms with Gasteiger partial charge in [0.25, 0.3) is 0 Å². The molecule has 0 spiro atoms. The van der Waals surface area contributed by atoms with E-state index in [0.717, 1.165) is 24.1 Å². The van der Waals surface area contributed by atoms with Crippen molar-refractivity contribution in [3.63, 3.8) is 0 Å². The molecule has 0 aliphatic heterocycles. The van der Waals surface area contributed by atoms with Gasteiger partial charge in [0.1, 0.15) is 0 Å². The normalized spacial score (nSPS) is 10.2. The van der Waals surface area contributed by atoms with E-state index in [9.17, 15) is 4.79 Å². The molecule has 20 heavy (non-hydrogen) atoms. The Balaban J connectivity index is 2.03. The van der Waals surface area contributed by atoms with Crippen LogP contribution in [-0.2, 0) is 13.0 Å². The third-order valence-electron chi connectivity index (χ3n) is 3.22. The highest BCUT2D eigenvalue weighted by Gasteiger charge is 2.08. The summed E-state index contributed by atoms with van der Waals surface area (Å²) in [5.41, 5.74) is 3.47. The molecule has 2 aromatic rings. The zero-order valence-electron chi connectivity index (χ0n) is 11.6. The second kappa shape index (κ2) is 6.75. The first-order valence-electron chi connectivity index (χ1n) is 6.84. The fraction of sp³-hybridized carbons (Fsp3) is 0.235. The van der Waals surface area contributed by atoms with Gasteiger partial charge in [-0.25, -0.2) is 4.79 Å². The van der Waals surface area contributed by atoms with Gasteiger partial charge in [0.05, 0.1) is 5.56 Å². The summed E-state index contributed by atoms with van der Waals surface area (Å²) >= 11 is 0. The van der Waals surface area contributed by atoms with Gasteiger partial charge >= 0.3 is 5.97 Å². The molecule has 0 bridgehead atoms. The summed E-state index contributed by atoms with van der Waals surface area (Å²) in [4.78, 5) is 11.1. The number of nitrogens with one attached hydrogen (secondary N) is 1. The van der Waals surface area contributed by atoms with Crippen LogP contribution >= 0.6 is 0 Å². The fourth-order valence-electron chi connectivity index (χ4n) is 2.16. The summed E-state index contributed by atoms with van der Waals surface area (Å²) in [6.07, 6.45) is 2.22. The van der Waals surface area contributed by atoms with Crippen molar-refractivity contribution in [3.05, 3.63) is 65.2 Å². The number of carboxylic acid groups (broad SMARTS) is 1. The van der Waals surface area contributed by atoms with Crippen molar-refractivity contribution < 1.29 is 9.90 Å². The zero-order chi connectivity index (χ0) is 14.4. The van der Waals surface area contributed by atoms with Crippen molar-refractivity contribution >= 4 is 11.7 Å². The highest BCUT2D eigenvalue weighted by atomic mass is 16.4. The second-order valence-electron chi connectivity index (χ2n) is 4.76. The molecule has 0 amide bonds. The van der Waals surface area contributed by atoms with Crippen LogP contribution in [0, 0.1) is 0 Å². The predicted octanol–water partition coefficient (Wildman–Crippen LogP) is 3.95.